The Labute approximate surface area is 193 Å². The number of hydrogen-bond donors (Lipinski definition) is 0. The summed E-state index contributed by atoms with van der Waals surface area (Å²) in [5.74, 6) is 1.72. The minimum absolute atomic E-state index is 0.00739. The topological polar surface area (TPSA) is 53.1 Å². The number of nitrogens with zero attached hydrogens (tertiary/aromatic N) is 3. The number of ether oxygens (including phenoxy) is 1. The van der Waals surface area contributed by atoms with Gasteiger partial charge in [-0.3, -0.25) is 9.69 Å². The van der Waals surface area contributed by atoms with Crippen LogP contribution in [-0.4, -0.2) is 61.6 Å². The highest BCUT2D eigenvalue weighted by molar-refractivity contribution is 5.92. The summed E-state index contributed by atoms with van der Waals surface area (Å²) in [5.41, 5.74) is 0.607. The number of hydrogen-bond acceptors (Lipinski definition) is 3. The van der Waals surface area contributed by atoms with Crippen molar-refractivity contribution in [2.24, 2.45) is 11.3 Å². The molecule has 3 rings (SSSR count). The average molecular weight is 444 g/mol. The highest BCUT2D eigenvalue weighted by Crippen LogP contribution is 2.39. The molecule has 3 amide bonds. The van der Waals surface area contributed by atoms with Crippen molar-refractivity contribution in [2.75, 3.05) is 44.7 Å². The van der Waals surface area contributed by atoms with Crippen molar-refractivity contribution in [3.05, 3.63) is 24.3 Å². The van der Waals surface area contributed by atoms with Crippen LogP contribution >= 0.6 is 0 Å². The minimum Gasteiger partial charge on any atom is -0.497 e. The predicted molar refractivity (Wildman–Crippen MR) is 129 cm³/mol. The third-order valence-corrected chi connectivity index (χ3v) is 7.44. The second-order valence-electron chi connectivity index (χ2n) is 9.64. The van der Waals surface area contributed by atoms with Crippen LogP contribution in [0, 0.1) is 11.3 Å². The van der Waals surface area contributed by atoms with Crippen molar-refractivity contribution < 1.29 is 14.3 Å². The number of urea groups is 1. The quantitative estimate of drug-likeness (QED) is 0.631. The fraction of sp³-hybridized carbons (Fsp3) is 0.692. The van der Waals surface area contributed by atoms with Crippen LogP contribution in [0.25, 0.3) is 0 Å². The molecule has 1 saturated heterocycles. The number of benzene rings is 1. The Morgan fingerprint density at radius 2 is 1.69 bits per heavy atom. The maximum atomic E-state index is 13.6. The van der Waals surface area contributed by atoms with Gasteiger partial charge in [-0.15, -0.1) is 0 Å². The normalized spacial score (nSPS) is 24.4. The van der Waals surface area contributed by atoms with Gasteiger partial charge in [-0.25, -0.2) is 4.79 Å². The monoisotopic (exact) mass is 443 g/mol. The summed E-state index contributed by atoms with van der Waals surface area (Å²) in [6.07, 6.45) is 8.07. The molecule has 6 nitrogen and oxygen atoms in total. The lowest BCUT2D eigenvalue weighted by molar-refractivity contribution is -0.144. The van der Waals surface area contributed by atoms with Crippen molar-refractivity contribution in [1.82, 2.24) is 9.80 Å². The first-order valence-corrected chi connectivity index (χ1v) is 12.4. The molecule has 178 valence electrons. The van der Waals surface area contributed by atoms with E-state index in [1.807, 2.05) is 41.0 Å². The van der Waals surface area contributed by atoms with E-state index in [9.17, 15) is 9.59 Å². The van der Waals surface area contributed by atoms with Gasteiger partial charge in [0.1, 0.15) is 5.75 Å². The summed E-state index contributed by atoms with van der Waals surface area (Å²) in [5, 5.41) is 0. The fourth-order valence-corrected chi connectivity index (χ4v) is 5.35. The molecule has 32 heavy (non-hydrogen) atoms. The highest BCUT2D eigenvalue weighted by Gasteiger charge is 2.40. The maximum absolute atomic E-state index is 13.6. The van der Waals surface area contributed by atoms with Crippen LogP contribution in [-0.2, 0) is 4.79 Å². The first-order valence-electron chi connectivity index (χ1n) is 12.4. The van der Waals surface area contributed by atoms with Gasteiger partial charge in [0.15, 0.2) is 0 Å². The van der Waals surface area contributed by atoms with Crippen LogP contribution in [0.4, 0.5) is 10.5 Å². The molecule has 6 heteroatoms. The Bertz CT molecular complexity index is 758. The summed E-state index contributed by atoms with van der Waals surface area (Å²) in [6.45, 7) is 9.44. The van der Waals surface area contributed by atoms with Crippen molar-refractivity contribution in [1.29, 1.82) is 0 Å². The van der Waals surface area contributed by atoms with Gasteiger partial charge in [0.05, 0.1) is 7.11 Å². The second-order valence-corrected chi connectivity index (χ2v) is 9.64. The van der Waals surface area contributed by atoms with Crippen molar-refractivity contribution >= 4 is 17.6 Å². The third-order valence-electron chi connectivity index (χ3n) is 7.44. The molecule has 1 saturated carbocycles. The number of amides is 3. The van der Waals surface area contributed by atoms with Gasteiger partial charge >= 0.3 is 6.03 Å². The van der Waals surface area contributed by atoms with Crippen LogP contribution in [0.5, 0.6) is 5.75 Å². The summed E-state index contributed by atoms with van der Waals surface area (Å²) in [4.78, 5) is 32.4. The van der Waals surface area contributed by atoms with E-state index in [-0.39, 0.29) is 11.4 Å². The molecule has 1 aliphatic heterocycles. The fourth-order valence-electron chi connectivity index (χ4n) is 5.35. The molecular weight excluding hydrogens is 402 g/mol. The molecule has 0 aromatic heterocycles. The van der Waals surface area contributed by atoms with E-state index in [0.717, 1.165) is 37.1 Å². The molecule has 2 fully saturated rings. The molecule has 2 aliphatic rings. The van der Waals surface area contributed by atoms with Crippen molar-refractivity contribution in [3.8, 4) is 5.75 Å². The summed E-state index contributed by atoms with van der Waals surface area (Å²) in [7, 11) is 1.64. The molecule has 0 N–H and O–H groups in total. The zero-order valence-electron chi connectivity index (χ0n) is 20.4. The Balaban J connectivity index is 1.61. The predicted octanol–water partition coefficient (Wildman–Crippen LogP) is 5.17. The Morgan fingerprint density at radius 3 is 2.28 bits per heavy atom. The lowest BCUT2D eigenvalue weighted by atomic mass is 9.72. The molecule has 0 radical (unpaired) electrons. The zero-order valence-corrected chi connectivity index (χ0v) is 20.4. The van der Waals surface area contributed by atoms with E-state index < -0.39 is 0 Å². The molecule has 0 spiro atoms. The standard InChI is InChI=1S/C26H41N3O3/c1-5-21-10-8-7-9-15-26(3,20-21)24(30)27-16-18-28(19-17-27)25(31)29(6-2)22-11-13-23(32-4)14-12-22/h11-14,21H,5-10,15-20H2,1-4H3. The lowest BCUT2D eigenvalue weighted by Gasteiger charge is -2.42. The summed E-state index contributed by atoms with van der Waals surface area (Å²) >= 11 is 0. The number of carbonyl (C=O) groups is 2. The van der Waals surface area contributed by atoms with Gasteiger partial charge in [0.2, 0.25) is 5.91 Å². The van der Waals surface area contributed by atoms with Gasteiger partial charge in [0, 0.05) is 43.8 Å². The minimum atomic E-state index is -0.258. The summed E-state index contributed by atoms with van der Waals surface area (Å²) < 4.78 is 5.23. The van der Waals surface area contributed by atoms with Crippen LogP contribution in [0.2, 0.25) is 0 Å². The smallest absolute Gasteiger partial charge is 0.324 e. The first kappa shape index (κ1) is 24.4. The van der Waals surface area contributed by atoms with Crippen LogP contribution in [0.3, 0.4) is 0 Å². The van der Waals surface area contributed by atoms with Gasteiger partial charge in [0.25, 0.3) is 0 Å². The highest BCUT2D eigenvalue weighted by atomic mass is 16.5. The van der Waals surface area contributed by atoms with E-state index in [2.05, 4.69) is 13.8 Å². The molecule has 0 bridgehead atoms. The van der Waals surface area contributed by atoms with Crippen LogP contribution in [0.1, 0.15) is 65.7 Å². The number of methoxy groups -OCH3 is 1. The first-order chi connectivity index (χ1) is 15.4. The number of carbonyl (C=O) groups excluding carboxylic acids is 2. The Kier molecular flexibility index (Phi) is 8.44. The van der Waals surface area contributed by atoms with E-state index in [0.29, 0.717) is 44.5 Å². The lowest BCUT2D eigenvalue weighted by Crippen LogP contribution is -2.56. The maximum Gasteiger partial charge on any atom is 0.324 e. The molecular formula is C26H41N3O3. The van der Waals surface area contributed by atoms with E-state index in [1.165, 1.54) is 19.3 Å². The third kappa shape index (κ3) is 5.57. The number of anilines is 1. The van der Waals surface area contributed by atoms with Crippen molar-refractivity contribution in [3.63, 3.8) is 0 Å². The molecule has 2 unspecified atom stereocenters. The van der Waals surface area contributed by atoms with E-state index in [1.54, 1.807) is 12.0 Å². The molecule has 1 aromatic carbocycles. The van der Waals surface area contributed by atoms with E-state index >= 15 is 0 Å². The molecule has 1 heterocycles. The Morgan fingerprint density at radius 1 is 1.03 bits per heavy atom. The zero-order chi connectivity index (χ0) is 23.1. The molecule has 1 aliphatic carbocycles. The SMILES string of the molecule is CCC1CCCCCC(C)(C(=O)N2CCN(C(=O)N(CC)c3ccc(OC)cc3)CC2)C1. The average Bonchev–Trinajstić information content (AvgIpc) is 2.82. The van der Waals surface area contributed by atoms with Crippen LogP contribution in [0.15, 0.2) is 24.3 Å². The molecule has 1 aromatic rings. The second kappa shape index (κ2) is 11.1. The number of rotatable bonds is 5. The van der Waals surface area contributed by atoms with Gasteiger partial charge in [-0.2, -0.15) is 0 Å². The summed E-state index contributed by atoms with van der Waals surface area (Å²) in [6, 6.07) is 7.59. The van der Waals surface area contributed by atoms with Gasteiger partial charge in [-0.1, -0.05) is 46.0 Å². The largest absolute Gasteiger partial charge is 0.497 e. The Hall–Kier alpha value is -2.24. The van der Waals surface area contributed by atoms with E-state index in [4.69, 9.17) is 4.74 Å². The van der Waals surface area contributed by atoms with Crippen molar-refractivity contribution in [2.45, 2.75) is 65.7 Å². The van der Waals surface area contributed by atoms with Crippen LogP contribution < -0.4 is 9.64 Å². The van der Waals surface area contributed by atoms with Gasteiger partial charge in [-0.05, 0) is 49.9 Å². The molecule has 2 atom stereocenters. The number of piperazine rings is 1. The van der Waals surface area contributed by atoms with Gasteiger partial charge < -0.3 is 14.5 Å².